The molecule has 7 nitrogen and oxygen atoms in total. The molecule has 1 saturated heterocycles. The number of hydrogen-bond donors (Lipinski definition) is 0. The average molecular weight is 302 g/mol. The third-order valence-electron chi connectivity index (χ3n) is 3.29. The molecular weight excluding hydrogens is 276 g/mol. The Labute approximate surface area is 126 Å². The molecule has 122 valence electrons. The smallest absolute Gasteiger partial charge is 0.410 e. The molecule has 0 saturated carbocycles. The van der Waals surface area contributed by atoms with Crippen molar-refractivity contribution in [2.24, 2.45) is 5.92 Å². The van der Waals surface area contributed by atoms with E-state index in [4.69, 9.17) is 14.3 Å². The molecule has 0 bridgehead atoms. The van der Waals surface area contributed by atoms with Crippen molar-refractivity contribution < 1.29 is 23.9 Å². The van der Waals surface area contributed by atoms with Crippen LogP contribution in [0.1, 0.15) is 27.2 Å². The van der Waals surface area contributed by atoms with Crippen molar-refractivity contribution in [1.29, 1.82) is 0 Å². The van der Waals surface area contributed by atoms with Gasteiger partial charge in [0.25, 0.3) is 5.91 Å². The summed E-state index contributed by atoms with van der Waals surface area (Å²) in [6.45, 7) is 6.33. The van der Waals surface area contributed by atoms with Crippen molar-refractivity contribution in [2.45, 2.75) is 38.8 Å². The molecule has 1 aliphatic heterocycles. The zero-order valence-corrected chi connectivity index (χ0v) is 13.7. The van der Waals surface area contributed by atoms with Crippen LogP contribution in [0.2, 0.25) is 0 Å². The Kier molecular flexibility index (Phi) is 5.98. The Hall–Kier alpha value is -1.34. The number of likely N-dealkylation sites (tertiary alicyclic amines) is 1. The number of hydrogen-bond acceptors (Lipinski definition) is 5. The van der Waals surface area contributed by atoms with E-state index in [0.717, 1.165) is 5.06 Å². The summed E-state index contributed by atoms with van der Waals surface area (Å²) in [6.07, 6.45) is 0.0588. The number of methoxy groups -OCH3 is 1. The van der Waals surface area contributed by atoms with Crippen LogP contribution in [0.5, 0.6) is 0 Å². The summed E-state index contributed by atoms with van der Waals surface area (Å²) >= 11 is 0. The Morgan fingerprint density at radius 1 is 1.29 bits per heavy atom. The highest BCUT2D eigenvalue weighted by atomic mass is 16.7. The van der Waals surface area contributed by atoms with E-state index in [1.807, 2.05) is 0 Å². The first kappa shape index (κ1) is 17.7. The van der Waals surface area contributed by atoms with Gasteiger partial charge >= 0.3 is 6.09 Å². The SMILES string of the molecule is COC[C@H]1C[C@@H](C(=O)N(C)OC)N(C(=O)OC(C)(C)C)C1. The van der Waals surface area contributed by atoms with Crippen LogP contribution in [-0.4, -0.2) is 68.0 Å². The number of ether oxygens (including phenoxy) is 2. The molecule has 1 heterocycles. The molecule has 0 spiro atoms. The molecule has 2 amide bonds. The first-order chi connectivity index (χ1) is 9.69. The Balaban J connectivity index is 2.85. The molecule has 0 aromatic rings. The predicted molar refractivity (Wildman–Crippen MR) is 76.5 cm³/mol. The third-order valence-corrected chi connectivity index (χ3v) is 3.29. The van der Waals surface area contributed by atoms with Crippen molar-refractivity contribution in [2.75, 3.05) is 34.4 Å². The fourth-order valence-electron chi connectivity index (χ4n) is 2.34. The topological polar surface area (TPSA) is 68.3 Å². The number of amides is 2. The van der Waals surface area contributed by atoms with Gasteiger partial charge in [-0.1, -0.05) is 0 Å². The average Bonchev–Trinajstić information content (AvgIpc) is 2.79. The Morgan fingerprint density at radius 3 is 2.38 bits per heavy atom. The highest BCUT2D eigenvalue weighted by Gasteiger charge is 2.42. The molecule has 7 heteroatoms. The molecule has 2 atom stereocenters. The van der Waals surface area contributed by atoms with Gasteiger partial charge in [-0.3, -0.25) is 14.5 Å². The highest BCUT2D eigenvalue weighted by Crippen LogP contribution is 2.27. The second kappa shape index (κ2) is 7.09. The van der Waals surface area contributed by atoms with Crippen LogP contribution in [0.15, 0.2) is 0 Å². The number of nitrogens with zero attached hydrogens (tertiary/aromatic N) is 2. The molecular formula is C14H26N2O5. The first-order valence-electron chi connectivity index (χ1n) is 6.99. The van der Waals surface area contributed by atoms with E-state index < -0.39 is 17.7 Å². The number of likely N-dealkylation sites (N-methyl/N-ethyl adjacent to an activating group) is 1. The van der Waals surface area contributed by atoms with Gasteiger partial charge in [0.1, 0.15) is 11.6 Å². The minimum atomic E-state index is -0.600. The van der Waals surface area contributed by atoms with E-state index >= 15 is 0 Å². The minimum Gasteiger partial charge on any atom is -0.444 e. The molecule has 0 aromatic heterocycles. The maximum atomic E-state index is 12.3. The van der Waals surface area contributed by atoms with Crippen LogP contribution in [-0.2, 0) is 19.1 Å². The molecule has 1 aliphatic rings. The summed E-state index contributed by atoms with van der Waals surface area (Å²) < 4.78 is 10.5. The predicted octanol–water partition coefficient (Wildman–Crippen LogP) is 1.28. The van der Waals surface area contributed by atoms with Crippen molar-refractivity contribution >= 4 is 12.0 Å². The lowest BCUT2D eigenvalue weighted by molar-refractivity contribution is -0.173. The van der Waals surface area contributed by atoms with Crippen LogP contribution in [0, 0.1) is 5.92 Å². The number of carbonyl (C=O) groups is 2. The molecule has 1 fully saturated rings. The van der Waals surface area contributed by atoms with Gasteiger partial charge in [-0.2, -0.15) is 0 Å². The lowest BCUT2D eigenvalue weighted by Crippen LogP contribution is -2.47. The van der Waals surface area contributed by atoms with E-state index in [-0.39, 0.29) is 11.8 Å². The van der Waals surface area contributed by atoms with Crippen LogP contribution in [0.3, 0.4) is 0 Å². The summed E-state index contributed by atoms with van der Waals surface area (Å²) in [5.74, 6) is -0.149. The first-order valence-corrected chi connectivity index (χ1v) is 6.99. The highest BCUT2D eigenvalue weighted by molar-refractivity contribution is 5.85. The number of carbonyl (C=O) groups excluding carboxylic acids is 2. The minimum absolute atomic E-state index is 0.113. The number of hydroxylamine groups is 2. The van der Waals surface area contributed by atoms with Crippen molar-refractivity contribution in [3.8, 4) is 0 Å². The van der Waals surface area contributed by atoms with Gasteiger partial charge in [0.2, 0.25) is 0 Å². The summed E-state index contributed by atoms with van der Waals surface area (Å²) in [6, 6.07) is -0.579. The lowest BCUT2D eigenvalue weighted by atomic mass is 10.1. The summed E-state index contributed by atoms with van der Waals surface area (Å²) in [5, 5.41) is 1.14. The quantitative estimate of drug-likeness (QED) is 0.732. The van der Waals surface area contributed by atoms with Crippen molar-refractivity contribution in [1.82, 2.24) is 9.96 Å². The van der Waals surface area contributed by atoms with E-state index in [9.17, 15) is 9.59 Å². The fraction of sp³-hybridized carbons (Fsp3) is 0.857. The Morgan fingerprint density at radius 2 is 1.90 bits per heavy atom. The maximum absolute atomic E-state index is 12.3. The van der Waals surface area contributed by atoms with Crippen LogP contribution in [0.25, 0.3) is 0 Å². The van der Waals surface area contributed by atoms with Crippen molar-refractivity contribution in [3.63, 3.8) is 0 Å². The van der Waals surface area contributed by atoms with Gasteiger partial charge in [0.05, 0.1) is 13.7 Å². The van der Waals surface area contributed by atoms with E-state index in [1.54, 1.807) is 27.9 Å². The largest absolute Gasteiger partial charge is 0.444 e. The molecule has 0 radical (unpaired) electrons. The van der Waals surface area contributed by atoms with Gasteiger partial charge < -0.3 is 9.47 Å². The molecule has 0 aromatic carbocycles. The molecule has 21 heavy (non-hydrogen) atoms. The van der Waals surface area contributed by atoms with Gasteiger partial charge in [-0.15, -0.1) is 0 Å². The normalized spacial score (nSPS) is 22.3. The van der Waals surface area contributed by atoms with Gasteiger partial charge in [0.15, 0.2) is 0 Å². The summed E-state index contributed by atoms with van der Waals surface area (Å²) in [7, 11) is 4.55. The third kappa shape index (κ3) is 4.86. The van der Waals surface area contributed by atoms with E-state index in [2.05, 4.69) is 0 Å². The second-order valence-electron chi connectivity index (χ2n) is 6.22. The van der Waals surface area contributed by atoms with Gasteiger partial charge in [0, 0.05) is 26.6 Å². The zero-order valence-electron chi connectivity index (χ0n) is 13.7. The zero-order chi connectivity index (χ0) is 16.2. The van der Waals surface area contributed by atoms with Gasteiger partial charge in [-0.25, -0.2) is 9.86 Å². The maximum Gasteiger partial charge on any atom is 0.410 e. The standard InChI is InChI=1S/C14H26N2O5/c1-14(2,3)21-13(18)16-8-10(9-19-5)7-11(16)12(17)15(4)20-6/h10-11H,7-9H2,1-6H3/t10-,11-/m0/s1. The van der Waals surface area contributed by atoms with E-state index in [1.165, 1.54) is 19.1 Å². The van der Waals surface area contributed by atoms with Crippen LogP contribution >= 0.6 is 0 Å². The molecule has 0 unspecified atom stereocenters. The number of rotatable bonds is 4. The molecule has 0 aliphatic carbocycles. The van der Waals surface area contributed by atoms with Crippen LogP contribution < -0.4 is 0 Å². The molecule has 1 rings (SSSR count). The fourth-order valence-corrected chi connectivity index (χ4v) is 2.34. The van der Waals surface area contributed by atoms with Gasteiger partial charge in [-0.05, 0) is 27.2 Å². The van der Waals surface area contributed by atoms with Crippen LogP contribution in [0.4, 0.5) is 4.79 Å². The monoisotopic (exact) mass is 302 g/mol. The summed E-state index contributed by atoms with van der Waals surface area (Å²) in [4.78, 5) is 31.0. The van der Waals surface area contributed by atoms with E-state index in [0.29, 0.717) is 19.6 Å². The van der Waals surface area contributed by atoms with Crippen molar-refractivity contribution in [3.05, 3.63) is 0 Å². The summed E-state index contributed by atoms with van der Waals surface area (Å²) in [5.41, 5.74) is -0.600. The molecule has 0 N–H and O–H groups in total. The second-order valence-corrected chi connectivity index (χ2v) is 6.22. The Bertz CT molecular complexity index is 380. The lowest BCUT2D eigenvalue weighted by Gasteiger charge is -2.29.